The van der Waals surface area contributed by atoms with Crippen molar-refractivity contribution in [2.75, 3.05) is 0 Å². The van der Waals surface area contributed by atoms with Gasteiger partial charge in [-0.2, -0.15) is 0 Å². The number of rotatable bonds is 2. The van der Waals surface area contributed by atoms with Crippen LogP contribution in [0, 0.1) is 0 Å². The zero-order valence-corrected chi connectivity index (χ0v) is 21.5. The average molecular weight is 502 g/mol. The minimum Gasteiger partial charge on any atom is -0.307 e. The van der Waals surface area contributed by atoms with Gasteiger partial charge in [0.25, 0.3) is 0 Å². The van der Waals surface area contributed by atoms with Crippen LogP contribution in [0.25, 0.3) is 69.7 Å². The number of para-hydroxylation sites is 2. The van der Waals surface area contributed by atoms with Gasteiger partial charge in [0.2, 0.25) is 0 Å². The molecule has 2 aromatic heterocycles. The van der Waals surface area contributed by atoms with Crippen molar-refractivity contribution in [2.24, 2.45) is 0 Å². The number of fused-ring (bicyclic) bond motifs is 7. The Morgan fingerprint density at radius 3 is 1.76 bits per heavy atom. The first-order valence-electron chi connectivity index (χ1n) is 12.9. The van der Waals surface area contributed by atoms with Gasteiger partial charge >= 0.3 is 0 Å². The highest BCUT2D eigenvalue weighted by Gasteiger charge is 2.15. The van der Waals surface area contributed by atoms with Crippen LogP contribution in [-0.4, -0.2) is 4.40 Å². The Kier molecular flexibility index (Phi) is 4.76. The van der Waals surface area contributed by atoms with Crippen molar-refractivity contribution in [3.63, 3.8) is 0 Å². The van der Waals surface area contributed by atoms with Crippen molar-refractivity contribution in [1.82, 2.24) is 4.40 Å². The highest BCUT2D eigenvalue weighted by atomic mass is 32.1. The van der Waals surface area contributed by atoms with Crippen molar-refractivity contribution in [2.45, 2.75) is 0 Å². The van der Waals surface area contributed by atoms with Gasteiger partial charge in [-0.1, -0.05) is 109 Å². The molecule has 0 fully saturated rings. The number of benzene rings is 6. The van der Waals surface area contributed by atoms with Gasteiger partial charge in [-0.25, -0.2) is 0 Å². The van der Waals surface area contributed by atoms with Crippen LogP contribution in [0.1, 0.15) is 0 Å². The van der Waals surface area contributed by atoms with Gasteiger partial charge in [-0.05, 0) is 52.6 Å². The van der Waals surface area contributed by atoms with E-state index in [0.29, 0.717) is 0 Å². The molecule has 0 aliphatic carbocycles. The summed E-state index contributed by atoms with van der Waals surface area (Å²) in [5.74, 6) is 0. The van der Waals surface area contributed by atoms with E-state index in [2.05, 4.69) is 144 Å². The molecule has 8 aromatic rings. The zero-order chi connectivity index (χ0) is 25.1. The van der Waals surface area contributed by atoms with Crippen LogP contribution in [0.4, 0.5) is 0 Å². The molecular weight excluding hydrogens is 478 g/mol. The zero-order valence-electron chi connectivity index (χ0n) is 20.6. The summed E-state index contributed by atoms with van der Waals surface area (Å²) in [5, 5.41) is 5.14. The third kappa shape index (κ3) is 3.24. The molecule has 0 bridgehead atoms. The van der Waals surface area contributed by atoms with Crippen molar-refractivity contribution in [3.8, 4) is 22.3 Å². The molecule has 0 atom stereocenters. The smallest absolute Gasteiger partial charge is 0.0634 e. The number of nitrogens with zero attached hydrogens (tertiary/aromatic N) is 1. The lowest BCUT2D eigenvalue weighted by atomic mass is 9.99. The maximum Gasteiger partial charge on any atom is 0.0634 e. The summed E-state index contributed by atoms with van der Waals surface area (Å²) in [4.78, 5) is 0. The molecule has 0 unspecified atom stereocenters. The summed E-state index contributed by atoms with van der Waals surface area (Å²) < 4.78 is 5.04. The van der Waals surface area contributed by atoms with Gasteiger partial charge in [0.05, 0.1) is 21.3 Å². The van der Waals surface area contributed by atoms with Crippen LogP contribution in [0.3, 0.4) is 0 Å². The molecule has 0 N–H and O–H groups in total. The van der Waals surface area contributed by atoms with Gasteiger partial charge in [0.15, 0.2) is 0 Å². The van der Waals surface area contributed by atoms with Crippen molar-refractivity contribution < 1.29 is 0 Å². The van der Waals surface area contributed by atoms with Crippen molar-refractivity contribution in [3.05, 3.63) is 140 Å². The standard InChI is InChI=1S/C36H23NS/c1-2-9-24(10-3-1)25-17-19-26(20-18-25)27-21-22-32-31(23-27)30-13-8-12-29-28-11-4-6-15-34(28)38-35-16-7-5-14-33(35)37(32)36(29)30/h1-23H. The van der Waals surface area contributed by atoms with Gasteiger partial charge in [0, 0.05) is 26.2 Å². The first-order chi connectivity index (χ1) is 18.8. The highest BCUT2D eigenvalue weighted by Crippen LogP contribution is 2.39. The first-order valence-corrected chi connectivity index (χ1v) is 13.8. The topological polar surface area (TPSA) is 4.41 Å². The molecule has 0 amide bonds. The Hall–Kier alpha value is -4.66. The Morgan fingerprint density at radius 1 is 0.368 bits per heavy atom. The number of aromatic nitrogens is 1. The lowest BCUT2D eigenvalue weighted by molar-refractivity contribution is 1.36. The molecular formula is C36H23NS. The third-order valence-corrected chi connectivity index (χ3v) is 8.76. The monoisotopic (exact) mass is 501 g/mol. The van der Waals surface area contributed by atoms with E-state index >= 15 is 0 Å². The molecule has 2 heterocycles. The lowest BCUT2D eigenvalue weighted by Crippen LogP contribution is -1.87. The molecule has 0 saturated carbocycles. The second kappa shape index (κ2) is 8.44. The van der Waals surface area contributed by atoms with Crippen LogP contribution < -0.4 is 0 Å². The summed E-state index contributed by atoms with van der Waals surface area (Å²) >= 11 is 1.86. The summed E-state index contributed by atoms with van der Waals surface area (Å²) in [6.07, 6.45) is 0. The predicted molar refractivity (Wildman–Crippen MR) is 165 cm³/mol. The van der Waals surface area contributed by atoms with Gasteiger partial charge in [-0.15, -0.1) is 11.3 Å². The van der Waals surface area contributed by atoms with Crippen LogP contribution in [0.15, 0.2) is 140 Å². The second-order valence-electron chi connectivity index (χ2n) is 9.78. The lowest BCUT2D eigenvalue weighted by Gasteiger charge is -2.07. The molecule has 2 heteroatoms. The fraction of sp³-hybridized carbons (Fsp3) is 0. The Balaban J connectivity index is 1.45. The minimum atomic E-state index is 1.23. The maximum absolute atomic E-state index is 2.47. The van der Waals surface area contributed by atoms with E-state index in [4.69, 9.17) is 0 Å². The normalized spacial score (nSPS) is 11.7. The number of hydrogen-bond acceptors (Lipinski definition) is 1. The third-order valence-electron chi connectivity index (χ3n) is 7.62. The first kappa shape index (κ1) is 21.4. The van der Waals surface area contributed by atoms with E-state index in [1.165, 1.54) is 69.7 Å². The Labute approximate surface area is 224 Å². The van der Waals surface area contributed by atoms with Crippen molar-refractivity contribution in [1.29, 1.82) is 0 Å². The Bertz CT molecular complexity index is 2160. The molecule has 1 nitrogen and oxygen atoms in total. The molecule has 0 aliphatic heterocycles. The molecule has 0 aliphatic rings. The molecule has 38 heavy (non-hydrogen) atoms. The van der Waals surface area contributed by atoms with Gasteiger partial charge in [-0.3, -0.25) is 0 Å². The van der Waals surface area contributed by atoms with E-state index in [0.717, 1.165) is 0 Å². The van der Waals surface area contributed by atoms with Gasteiger partial charge < -0.3 is 4.40 Å². The van der Waals surface area contributed by atoms with E-state index < -0.39 is 0 Å². The summed E-state index contributed by atoms with van der Waals surface area (Å²) in [6, 6.07) is 50.8. The quantitative estimate of drug-likeness (QED) is 0.222. The molecule has 6 aromatic carbocycles. The van der Waals surface area contributed by atoms with Crippen LogP contribution in [0.2, 0.25) is 0 Å². The van der Waals surface area contributed by atoms with Crippen LogP contribution in [0.5, 0.6) is 0 Å². The molecule has 8 rings (SSSR count). The molecule has 178 valence electrons. The van der Waals surface area contributed by atoms with Crippen molar-refractivity contribution >= 4 is 58.8 Å². The largest absolute Gasteiger partial charge is 0.307 e. The molecule has 0 saturated heterocycles. The average Bonchev–Trinajstić information content (AvgIpc) is 3.31. The van der Waals surface area contributed by atoms with E-state index in [1.54, 1.807) is 0 Å². The molecule has 0 radical (unpaired) electrons. The second-order valence-corrected chi connectivity index (χ2v) is 10.9. The summed E-state index contributed by atoms with van der Waals surface area (Å²) in [6.45, 7) is 0. The summed E-state index contributed by atoms with van der Waals surface area (Å²) in [7, 11) is 0. The number of hydrogen-bond donors (Lipinski definition) is 0. The fourth-order valence-corrected chi connectivity index (χ4v) is 6.91. The molecule has 0 spiro atoms. The van der Waals surface area contributed by atoms with E-state index in [1.807, 2.05) is 11.3 Å². The van der Waals surface area contributed by atoms with Crippen LogP contribution in [-0.2, 0) is 0 Å². The minimum absolute atomic E-state index is 1.23. The summed E-state index contributed by atoms with van der Waals surface area (Å²) in [5.41, 5.74) is 8.70. The Morgan fingerprint density at radius 2 is 0.947 bits per heavy atom. The van der Waals surface area contributed by atoms with Crippen LogP contribution >= 0.6 is 11.3 Å². The van der Waals surface area contributed by atoms with E-state index in [-0.39, 0.29) is 0 Å². The van der Waals surface area contributed by atoms with E-state index in [9.17, 15) is 0 Å². The maximum atomic E-state index is 2.47. The SMILES string of the molecule is c1ccc(-c2ccc(-c3ccc4c(c3)c3cccc5c6ccccc6sc6ccccc6n4c53)cc2)cc1. The fourth-order valence-electron chi connectivity index (χ4n) is 5.83. The highest BCUT2D eigenvalue weighted by molar-refractivity contribution is 7.24. The predicted octanol–water partition coefficient (Wildman–Crippen LogP) is 10.5. The van der Waals surface area contributed by atoms with Gasteiger partial charge in [0.1, 0.15) is 0 Å².